The Balaban J connectivity index is 0.000000720. The van der Waals surface area contributed by atoms with Gasteiger partial charge in [-0.25, -0.2) is 4.79 Å². The molecule has 2 aliphatic heterocycles. The summed E-state index contributed by atoms with van der Waals surface area (Å²) in [5.41, 5.74) is 6.05. The van der Waals surface area contributed by atoms with Crippen LogP contribution in [-0.2, 0) is 31.1 Å². The van der Waals surface area contributed by atoms with Crippen molar-refractivity contribution >= 4 is 52.3 Å². The molecule has 2 atom stereocenters. The zero-order valence-electron chi connectivity index (χ0n) is 26.7. The van der Waals surface area contributed by atoms with Crippen LogP contribution in [0.2, 0.25) is 0 Å². The molecule has 0 bridgehead atoms. The van der Waals surface area contributed by atoms with Crippen LogP contribution < -0.4 is 10.2 Å². The predicted molar refractivity (Wildman–Crippen MR) is 187 cm³/mol. The minimum absolute atomic E-state index is 0.0360. The fourth-order valence-corrected chi connectivity index (χ4v) is 7.76. The third-order valence-electron chi connectivity index (χ3n) is 8.42. The first kappa shape index (κ1) is 31.7. The fraction of sp³-hybridized carbons (Fsp3) is 0.184. The molecule has 0 spiro atoms. The van der Waals surface area contributed by atoms with Gasteiger partial charge in [0.1, 0.15) is 5.41 Å². The molecule has 0 saturated carbocycles. The van der Waals surface area contributed by atoms with E-state index < -0.39 is 16.6 Å². The van der Waals surface area contributed by atoms with E-state index in [1.165, 1.54) is 18.1 Å². The van der Waals surface area contributed by atoms with Gasteiger partial charge < -0.3 is 24.8 Å². The highest BCUT2D eigenvalue weighted by Crippen LogP contribution is 2.58. The molecule has 3 heterocycles. The van der Waals surface area contributed by atoms with Crippen molar-refractivity contribution in [1.29, 1.82) is 0 Å². The second-order valence-corrected chi connectivity index (χ2v) is 12.9. The first-order valence-corrected chi connectivity index (χ1v) is 16.1. The summed E-state index contributed by atoms with van der Waals surface area (Å²) in [5, 5.41) is 3.98. The van der Waals surface area contributed by atoms with Crippen LogP contribution in [0.1, 0.15) is 22.3 Å². The Kier molecular flexibility index (Phi) is 8.91. The number of amides is 2. The molecule has 5 aromatic rings. The van der Waals surface area contributed by atoms with E-state index in [1.807, 2.05) is 77.8 Å². The van der Waals surface area contributed by atoms with E-state index in [0.717, 1.165) is 55.8 Å². The topological polar surface area (TPSA) is 94.7 Å². The third-order valence-corrected chi connectivity index (χ3v) is 9.87. The first-order valence-electron chi connectivity index (χ1n) is 15.3. The number of H-pyrrole nitrogens is 1. The van der Waals surface area contributed by atoms with Gasteiger partial charge in [0.25, 0.3) is 0 Å². The van der Waals surface area contributed by atoms with E-state index in [9.17, 15) is 9.59 Å². The van der Waals surface area contributed by atoms with Gasteiger partial charge in [-0.05, 0) is 47.9 Å². The van der Waals surface area contributed by atoms with Gasteiger partial charge in [0.05, 0.1) is 24.6 Å². The molecule has 0 fully saturated rings. The number of fused-ring (bicyclic) bond motifs is 3. The summed E-state index contributed by atoms with van der Waals surface area (Å²) in [6.45, 7) is 2.48. The number of methoxy groups -OCH3 is 1. The van der Waals surface area contributed by atoms with Crippen LogP contribution in [-0.4, -0.2) is 54.6 Å². The normalized spacial score (nSPS) is 18.9. The van der Waals surface area contributed by atoms with Crippen molar-refractivity contribution in [1.82, 2.24) is 9.88 Å². The fourth-order valence-electron chi connectivity index (χ4n) is 6.32. The van der Waals surface area contributed by atoms with E-state index in [2.05, 4.69) is 47.6 Å². The minimum atomic E-state index is -1.17. The monoisotopic (exact) mass is 644 g/mol. The van der Waals surface area contributed by atoms with Crippen LogP contribution in [0, 0.1) is 6.92 Å². The lowest BCUT2D eigenvalue weighted by Crippen LogP contribution is -2.50. The van der Waals surface area contributed by atoms with Gasteiger partial charge in [-0.15, -0.1) is 11.8 Å². The lowest BCUT2D eigenvalue weighted by molar-refractivity contribution is -0.135. The van der Waals surface area contributed by atoms with Gasteiger partial charge in [-0.1, -0.05) is 78.4 Å². The molecule has 0 aliphatic carbocycles. The Hall–Kier alpha value is -5.28. The zero-order valence-corrected chi connectivity index (χ0v) is 27.5. The van der Waals surface area contributed by atoms with Gasteiger partial charge in [-0.3, -0.25) is 9.59 Å². The second-order valence-electron chi connectivity index (χ2n) is 11.8. The molecule has 1 aromatic heterocycles. The van der Waals surface area contributed by atoms with Crippen LogP contribution in [0.4, 0.5) is 11.4 Å². The molecule has 0 saturated heterocycles. The number of rotatable bonds is 6. The second kappa shape index (κ2) is 13.2. The average molecular weight is 645 g/mol. The number of aromatic amines is 1. The minimum Gasteiger partial charge on any atom is -0.466 e. The first-order chi connectivity index (χ1) is 22.8. The van der Waals surface area contributed by atoms with Crippen molar-refractivity contribution in [2.75, 3.05) is 31.4 Å². The van der Waals surface area contributed by atoms with Crippen molar-refractivity contribution in [2.45, 2.75) is 29.0 Å². The molecule has 2 N–H and O–H groups in total. The smallest absolute Gasteiger partial charge is 0.332 e. The summed E-state index contributed by atoms with van der Waals surface area (Å²) in [4.78, 5) is 45.4. The van der Waals surface area contributed by atoms with E-state index >= 15 is 4.79 Å². The molecule has 238 valence electrons. The highest BCUT2D eigenvalue weighted by atomic mass is 32.2. The molecular formula is C38H36N4O4S. The maximum absolute atomic E-state index is 15.4. The number of thioether (sulfide) groups is 1. The zero-order chi connectivity index (χ0) is 33.1. The van der Waals surface area contributed by atoms with E-state index in [1.54, 1.807) is 25.9 Å². The number of esters is 1. The molecule has 8 nitrogen and oxygen atoms in total. The molecule has 0 radical (unpaired) electrons. The van der Waals surface area contributed by atoms with Crippen molar-refractivity contribution in [3.8, 4) is 0 Å². The maximum atomic E-state index is 15.4. The Morgan fingerprint density at radius 2 is 1.68 bits per heavy atom. The Bertz CT molecular complexity index is 1990. The third kappa shape index (κ3) is 5.79. The van der Waals surface area contributed by atoms with Crippen molar-refractivity contribution in [3.63, 3.8) is 0 Å². The summed E-state index contributed by atoms with van der Waals surface area (Å²) in [6, 6.07) is 32.4. The van der Waals surface area contributed by atoms with E-state index in [0.29, 0.717) is 12.2 Å². The Labute approximate surface area is 278 Å². The number of carbonyl (C=O) groups excluding carboxylic acids is 3. The molecule has 7 rings (SSSR count). The van der Waals surface area contributed by atoms with Crippen LogP contribution in [0.15, 0.2) is 120 Å². The number of benzene rings is 4. The number of hydrogen-bond donors (Lipinski definition) is 2. The molecule has 0 unspecified atom stereocenters. The van der Waals surface area contributed by atoms with Crippen LogP contribution in [0.3, 0.4) is 0 Å². The average Bonchev–Trinajstić information content (AvgIpc) is 3.62. The standard InChI is InChI=1S/C35H29N3O3S.C3H7NO/c1-22-16-17-30-25(18-22)35(26-20-36-27-13-7-6-12-24(26)27,34(40)38(30)21-23-10-4-3-5-11-23)33-29(19-32(39)41-2)37-28-14-8-9-15-31(28)42-33;1-4(2)3-5/h3-20,33,36-37H,21H2,1-2H3;3H,1-2H3/b29-19-;/t33-,35+;/m1./s1. The molecular weight excluding hydrogens is 609 g/mol. The number of nitrogens with zero attached hydrogens (tertiary/aromatic N) is 2. The van der Waals surface area contributed by atoms with Crippen molar-refractivity contribution in [3.05, 3.63) is 137 Å². The summed E-state index contributed by atoms with van der Waals surface area (Å²) in [5.74, 6) is -0.515. The number of nitrogens with one attached hydrogen (secondary N) is 2. The largest absolute Gasteiger partial charge is 0.466 e. The lowest BCUT2D eigenvalue weighted by atomic mass is 9.71. The quantitative estimate of drug-likeness (QED) is 0.122. The Morgan fingerprint density at radius 1 is 0.979 bits per heavy atom. The number of para-hydroxylation sites is 2. The summed E-state index contributed by atoms with van der Waals surface area (Å²) in [6.07, 6.45) is 4.21. The number of anilines is 2. The van der Waals surface area contributed by atoms with Crippen molar-refractivity contribution in [2.24, 2.45) is 0 Å². The van der Waals surface area contributed by atoms with Crippen molar-refractivity contribution < 1.29 is 19.1 Å². The summed E-state index contributed by atoms with van der Waals surface area (Å²) in [7, 11) is 4.74. The highest BCUT2D eigenvalue weighted by Gasteiger charge is 2.60. The van der Waals surface area contributed by atoms with E-state index in [-0.39, 0.29) is 5.91 Å². The van der Waals surface area contributed by atoms with Crippen LogP contribution >= 0.6 is 11.8 Å². The summed E-state index contributed by atoms with van der Waals surface area (Å²) >= 11 is 1.60. The predicted octanol–water partition coefficient (Wildman–Crippen LogP) is 6.66. The van der Waals surface area contributed by atoms with Gasteiger partial charge in [0, 0.05) is 53.6 Å². The molecule has 47 heavy (non-hydrogen) atoms. The summed E-state index contributed by atoms with van der Waals surface area (Å²) < 4.78 is 5.10. The SMILES string of the molecule is CN(C)C=O.COC(=O)/C=C1\Nc2ccccc2S[C@H]1[C@]1(c2c[nH]c3ccccc23)C(=O)N(Cc2ccccc2)c2ccc(C)cc21. The molecule has 2 aliphatic rings. The Morgan fingerprint density at radius 3 is 2.43 bits per heavy atom. The molecule has 9 heteroatoms. The number of ether oxygens (including phenoxy) is 1. The molecule has 2 amide bonds. The maximum Gasteiger partial charge on any atom is 0.332 e. The highest BCUT2D eigenvalue weighted by molar-refractivity contribution is 8.00. The van der Waals surface area contributed by atoms with Gasteiger partial charge in [-0.2, -0.15) is 0 Å². The van der Waals surface area contributed by atoms with Gasteiger partial charge in [0.15, 0.2) is 0 Å². The van der Waals surface area contributed by atoms with E-state index in [4.69, 9.17) is 4.74 Å². The number of hydrogen-bond acceptors (Lipinski definition) is 6. The lowest BCUT2D eigenvalue weighted by Gasteiger charge is -2.41. The number of carbonyl (C=O) groups is 3. The van der Waals surface area contributed by atoms with Gasteiger partial charge >= 0.3 is 5.97 Å². The number of aromatic nitrogens is 1. The number of aryl methyl sites for hydroxylation is 1. The van der Waals surface area contributed by atoms with Gasteiger partial charge in [0.2, 0.25) is 12.3 Å². The van der Waals surface area contributed by atoms with Crippen LogP contribution in [0.25, 0.3) is 10.9 Å². The van der Waals surface area contributed by atoms with Crippen LogP contribution in [0.5, 0.6) is 0 Å². The molecule has 4 aromatic carbocycles.